The zero-order valence-corrected chi connectivity index (χ0v) is 12.5. The van der Waals surface area contributed by atoms with Gasteiger partial charge < -0.3 is 0 Å². The zero-order chi connectivity index (χ0) is 15.2. The van der Waals surface area contributed by atoms with Gasteiger partial charge in [-0.05, 0) is 42.4 Å². The Morgan fingerprint density at radius 3 is 2.10 bits per heavy atom. The van der Waals surface area contributed by atoms with Gasteiger partial charge in [0.2, 0.25) is 0 Å². The molecule has 0 saturated heterocycles. The second-order valence-corrected chi connectivity index (χ2v) is 4.45. The number of hydrogen-bond acceptors (Lipinski definition) is 0. The monoisotopic (exact) mass is 266 g/mol. The van der Waals surface area contributed by atoms with Crippen LogP contribution in [0.5, 0.6) is 0 Å². The highest BCUT2D eigenvalue weighted by atomic mass is 14.0. The number of hydrogen-bond donors (Lipinski definition) is 0. The van der Waals surface area contributed by atoms with E-state index in [-0.39, 0.29) is 0 Å². The smallest absolute Gasteiger partial charge is 0.0244 e. The van der Waals surface area contributed by atoms with E-state index in [1.54, 1.807) is 0 Å². The van der Waals surface area contributed by atoms with Gasteiger partial charge in [-0.3, -0.25) is 0 Å². The van der Waals surface area contributed by atoms with Crippen LogP contribution >= 0.6 is 0 Å². The Kier molecular flexibility index (Phi) is 10.7. The lowest BCUT2D eigenvalue weighted by Gasteiger charge is -2.03. The van der Waals surface area contributed by atoms with E-state index < -0.39 is 0 Å². The second-order valence-electron chi connectivity index (χ2n) is 4.45. The Morgan fingerprint density at radius 2 is 1.50 bits per heavy atom. The summed E-state index contributed by atoms with van der Waals surface area (Å²) in [6, 6.07) is 0. The van der Waals surface area contributed by atoms with Crippen LogP contribution in [0, 0.1) is 0 Å². The summed E-state index contributed by atoms with van der Waals surface area (Å²) in [6.45, 7) is 19.3. The van der Waals surface area contributed by atoms with Crippen LogP contribution in [0.2, 0.25) is 0 Å². The lowest BCUT2D eigenvalue weighted by Crippen LogP contribution is -1.83. The molecule has 0 aromatic carbocycles. The van der Waals surface area contributed by atoms with Gasteiger partial charge in [0.15, 0.2) is 0 Å². The fourth-order valence-electron chi connectivity index (χ4n) is 1.49. The van der Waals surface area contributed by atoms with E-state index in [1.807, 2.05) is 42.5 Å². The fourth-order valence-corrected chi connectivity index (χ4v) is 1.49. The minimum absolute atomic E-state index is 0.913. The summed E-state index contributed by atoms with van der Waals surface area (Å²) in [5.41, 5.74) is 2.99. The van der Waals surface area contributed by atoms with Crippen LogP contribution in [0.3, 0.4) is 0 Å². The molecule has 0 heteroatoms. The average molecular weight is 266 g/mol. The summed E-state index contributed by atoms with van der Waals surface area (Å²) >= 11 is 0. The highest BCUT2D eigenvalue weighted by Gasteiger charge is 1.95. The standard InChI is InChI=1S/C20H26/c1-6-9-11-12-13-14-15-18(4)19(5)17-20(8-3)16-10-7-2/h6-8,12-15,17H,1-5,9-11,16H2/b13-12+,15-14-,20-17+. The molecule has 0 aliphatic heterocycles. The Morgan fingerprint density at radius 1 is 0.800 bits per heavy atom. The van der Waals surface area contributed by atoms with Crippen LogP contribution in [0.4, 0.5) is 0 Å². The average Bonchev–Trinajstić information content (AvgIpc) is 2.46. The Hall–Kier alpha value is -2.08. The maximum absolute atomic E-state index is 4.04. The number of allylic oxidation sites excluding steroid dienone is 11. The molecule has 20 heavy (non-hydrogen) atoms. The molecule has 0 aromatic rings. The van der Waals surface area contributed by atoms with Crippen LogP contribution in [0.1, 0.15) is 25.7 Å². The van der Waals surface area contributed by atoms with Crippen molar-refractivity contribution in [3.8, 4) is 0 Å². The van der Waals surface area contributed by atoms with Crippen molar-refractivity contribution in [2.24, 2.45) is 0 Å². The van der Waals surface area contributed by atoms with Gasteiger partial charge in [-0.25, -0.2) is 0 Å². The summed E-state index contributed by atoms with van der Waals surface area (Å²) in [7, 11) is 0. The van der Waals surface area contributed by atoms with Gasteiger partial charge in [0.05, 0.1) is 0 Å². The van der Waals surface area contributed by atoms with Crippen molar-refractivity contribution in [2.75, 3.05) is 0 Å². The molecule has 0 heterocycles. The molecule has 106 valence electrons. The van der Waals surface area contributed by atoms with Crippen molar-refractivity contribution in [3.63, 3.8) is 0 Å². The Bertz CT molecular complexity index is 439. The van der Waals surface area contributed by atoms with Crippen LogP contribution in [0.25, 0.3) is 0 Å². The van der Waals surface area contributed by atoms with Crippen molar-refractivity contribution in [1.82, 2.24) is 0 Å². The van der Waals surface area contributed by atoms with E-state index in [1.165, 1.54) is 0 Å². The van der Waals surface area contributed by atoms with Gasteiger partial charge in [-0.15, -0.1) is 13.2 Å². The van der Waals surface area contributed by atoms with Crippen molar-refractivity contribution in [2.45, 2.75) is 25.7 Å². The van der Waals surface area contributed by atoms with Crippen LogP contribution < -0.4 is 0 Å². The van der Waals surface area contributed by atoms with E-state index >= 15 is 0 Å². The van der Waals surface area contributed by atoms with Crippen LogP contribution in [0.15, 0.2) is 98.2 Å². The van der Waals surface area contributed by atoms with E-state index in [0.717, 1.165) is 42.4 Å². The van der Waals surface area contributed by atoms with Crippen molar-refractivity contribution in [1.29, 1.82) is 0 Å². The van der Waals surface area contributed by atoms with Gasteiger partial charge in [0.25, 0.3) is 0 Å². The molecule has 0 N–H and O–H groups in total. The van der Waals surface area contributed by atoms with Crippen molar-refractivity contribution >= 4 is 0 Å². The third kappa shape index (κ3) is 8.93. The quantitative estimate of drug-likeness (QED) is 0.235. The summed E-state index contributed by atoms with van der Waals surface area (Å²) in [5, 5.41) is 0. The van der Waals surface area contributed by atoms with Crippen molar-refractivity contribution < 1.29 is 0 Å². The molecule has 0 amide bonds. The minimum atomic E-state index is 0.913. The van der Waals surface area contributed by atoms with Crippen LogP contribution in [-0.4, -0.2) is 0 Å². The molecule has 0 fully saturated rings. The highest BCUT2D eigenvalue weighted by Crippen LogP contribution is 2.15. The Labute approximate surface area is 124 Å². The van der Waals surface area contributed by atoms with Gasteiger partial charge in [0.1, 0.15) is 0 Å². The molecule has 0 nitrogen and oxygen atoms in total. The summed E-state index contributed by atoms with van der Waals surface area (Å²) < 4.78 is 0. The molecule has 0 radical (unpaired) electrons. The number of rotatable bonds is 11. The lowest BCUT2D eigenvalue weighted by molar-refractivity contribution is 1.01. The predicted molar refractivity (Wildman–Crippen MR) is 93.7 cm³/mol. The van der Waals surface area contributed by atoms with E-state index in [9.17, 15) is 0 Å². The molecular formula is C20H26. The molecule has 0 bridgehead atoms. The molecule has 0 atom stereocenters. The van der Waals surface area contributed by atoms with Gasteiger partial charge >= 0.3 is 0 Å². The molecule has 0 spiro atoms. The zero-order valence-electron chi connectivity index (χ0n) is 12.5. The lowest BCUT2D eigenvalue weighted by atomic mass is 10.0. The third-order valence-electron chi connectivity index (χ3n) is 2.75. The van der Waals surface area contributed by atoms with Gasteiger partial charge in [-0.2, -0.15) is 0 Å². The SMILES string of the molecule is C=CCC/C=C/C=C\C(=C)C(=C)/C=C(\C=C)CCC=C. The predicted octanol–water partition coefficient (Wildman–Crippen LogP) is 6.26. The van der Waals surface area contributed by atoms with Crippen molar-refractivity contribution in [3.05, 3.63) is 98.2 Å². The molecular weight excluding hydrogens is 240 g/mol. The molecule has 0 aromatic heterocycles. The summed E-state index contributed by atoms with van der Waals surface area (Å²) in [5.74, 6) is 0. The van der Waals surface area contributed by atoms with E-state index in [4.69, 9.17) is 0 Å². The maximum atomic E-state index is 4.04. The van der Waals surface area contributed by atoms with Crippen LogP contribution in [-0.2, 0) is 0 Å². The molecule has 0 rings (SSSR count). The third-order valence-corrected chi connectivity index (χ3v) is 2.75. The number of unbranched alkanes of at least 4 members (excludes halogenated alkanes) is 1. The largest absolute Gasteiger partial charge is 0.103 e. The Balaban J connectivity index is 4.42. The first-order chi connectivity index (χ1) is 9.65. The summed E-state index contributed by atoms with van der Waals surface area (Å²) in [4.78, 5) is 0. The van der Waals surface area contributed by atoms with Gasteiger partial charge in [-0.1, -0.05) is 68.3 Å². The molecule has 0 saturated carbocycles. The van der Waals surface area contributed by atoms with Gasteiger partial charge in [0, 0.05) is 0 Å². The molecule has 0 aliphatic rings. The fraction of sp³-hybridized carbons (Fsp3) is 0.200. The first kappa shape index (κ1) is 17.9. The molecule has 0 aliphatic carbocycles. The van der Waals surface area contributed by atoms with E-state index in [0.29, 0.717) is 0 Å². The topological polar surface area (TPSA) is 0 Å². The second kappa shape index (κ2) is 12.0. The minimum Gasteiger partial charge on any atom is -0.103 e. The summed E-state index contributed by atoms with van der Waals surface area (Å²) in [6.07, 6.45) is 19.7. The molecule has 0 unspecified atom stereocenters. The normalized spacial score (nSPS) is 11.7. The van der Waals surface area contributed by atoms with E-state index in [2.05, 4.69) is 39.0 Å². The maximum Gasteiger partial charge on any atom is -0.0244 e. The highest BCUT2D eigenvalue weighted by molar-refractivity contribution is 5.46. The first-order valence-corrected chi connectivity index (χ1v) is 6.91. The first-order valence-electron chi connectivity index (χ1n) is 6.91.